The van der Waals surface area contributed by atoms with Gasteiger partial charge in [-0.05, 0) is 52.5 Å². The van der Waals surface area contributed by atoms with Crippen molar-refractivity contribution in [2.45, 2.75) is 12.8 Å². The van der Waals surface area contributed by atoms with Gasteiger partial charge in [-0.25, -0.2) is 0 Å². The zero-order chi connectivity index (χ0) is 13.9. The number of hydrogen-bond acceptors (Lipinski definition) is 2. The van der Waals surface area contributed by atoms with Crippen LogP contribution in [0.4, 0.5) is 0 Å². The Morgan fingerprint density at radius 1 is 1.15 bits per heavy atom. The van der Waals surface area contributed by atoms with Crippen molar-refractivity contribution < 1.29 is 4.74 Å². The second-order valence-corrected chi connectivity index (χ2v) is 4.90. The predicted octanol–water partition coefficient (Wildman–Crippen LogP) is 4.05. The van der Waals surface area contributed by atoms with E-state index in [9.17, 15) is 0 Å². The third kappa shape index (κ3) is 2.19. The number of nitriles is 1. The van der Waals surface area contributed by atoms with Crippen LogP contribution in [0.1, 0.15) is 28.7 Å². The average molecular weight is 261 g/mol. The van der Waals surface area contributed by atoms with Gasteiger partial charge in [0.15, 0.2) is 0 Å². The number of nitrogens with zero attached hydrogens (tertiary/aromatic N) is 1. The van der Waals surface area contributed by atoms with Crippen LogP contribution in [-0.2, 0) is 6.42 Å². The normalized spacial score (nSPS) is 12.5. The van der Waals surface area contributed by atoms with Crippen molar-refractivity contribution >= 4 is 11.6 Å². The van der Waals surface area contributed by atoms with E-state index in [0.717, 1.165) is 23.3 Å². The van der Waals surface area contributed by atoms with Gasteiger partial charge < -0.3 is 4.74 Å². The minimum atomic E-state index is 0.411. The molecule has 2 heteroatoms. The summed E-state index contributed by atoms with van der Waals surface area (Å²) >= 11 is 0. The molecule has 0 radical (unpaired) electrons. The number of ether oxygens (including phenoxy) is 1. The molecule has 0 bridgehead atoms. The second kappa shape index (κ2) is 5.22. The van der Waals surface area contributed by atoms with Crippen LogP contribution in [0.15, 0.2) is 42.5 Å². The van der Waals surface area contributed by atoms with Gasteiger partial charge in [-0.2, -0.15) is 5.26 Å². The number of benzene rings is 2. The first-order valence-corrected chi connectivity index (χ1v) is 6.64. The van der Waals surface area contributed by atoms with Crippen molar-refractivity contribution in [2.75, 3.05) is 7.11 Å². The lowest BCUT2D eigenvalue weighted by molar-refractivity contribution is 0.414. The molecular weight excluding hydrogens is 246 g/mol. The molecule has 0 aromatic heterocycles. The van der Waals surface area contributed by atoms with E-state index in [-0.39, 0.29) is 0 Å². The smallest absolute Gasteiger partial charge is 0.119 e. The van der Waals surface area contributed by atoms with Crippen LogP contribution in [0.3, 0.4) is 0 Å². The Morgan fingerprint density at radius 3 is 2.80 bits per heavy atom. The summed E-state index contributed by atoms with van der Waals surface area (Å²) in [5.41, 5.74) is 5.94. The van der Waals surface area contributed by atoms with E-state index in [1.54, 1.807) is 7.11 Å². The minimum Gasteiger partial charge on any atom is -0.497 e. The van der Waals surface area contributed by atoms with Crippen molar-refractivity contribution in [2.24, 2.45) is 0 Å². The highest BCUT2D eigenvalue weighted by Crippen LogP contribution is 2.33. The van der Waals surface area contributed by atoms with Gasteiger partial charge in [0, 0.05) is 0 Å². The monoisotopic (exact) mass is 261 g/mol. The summed E-state index contributed by atoms with van der Waals surface area (Å²) in [5.74, 6) is 0.832. The molecule has 0 aliphatic heterocycles. The molecule has 98 valence electrons. The molecule has 0 heterocycles. The molecule has 2 aromatic carbocycles. The Hall–Kier alpha value is -2.53. The van der Waals surface area contributed by atoms with Gasteiger partial charge in [-0.1, -0.05) is 30.3 Å². The van der Waals surface area contributed by atoms with E-state index in [1.807, 2.05) is 18.2 Å². The fourth-order valence-electron chi connectivity index (χ4n) is 2.67. The maximum atomic E-state index is 9.09. The number of rotatable bonds is 2. The SMILES string of the molecule is COc1ccc2c(c1)C(CC#N)=Cc1ccccc1C2. The Morgan fingerprint density at radius 2 is 2.00 bits per heavy atom. The fourth-order valence-corrected chi connectivity index (χ4v) is 2.67. The van der Waals surface area contributed by atoms with Crippen LogP contribution >= 0.6 is 0 Å². The first kappa shape index (κ1) is 12.5. The molecule has 2 nitrogen and oxygen atoms in total. The molecule has 20 heavy (non-hydrogen) atoms. The quantitative estimate of drug-likeness (QED) is 0.817. The first-order valence-electron chi connectivity index (χ1n) is 6.64. The maximum absolute atomic E-state index is 9.09. The molecule has 0 unspecified atom stereocenters. The topological polar surface area (TPSA) is 33.0 Å². The first-order chi connectivity index (χ1) is 9.81. The van der Waals surface area contributed by atoms with E-state index >= 15 is 0 Å². The summed E-state index contributed by atoms with van der Waals surface area (Å²) in [6, 6.07) is 16.7. The molecule has 0 spiro atoms. The van der Waals surface area contributed by atoms with Crippen LogP contribution < -0.4 is 4.74 Å². The standard InChI is InChI=1S/C18H15NO/c1-20-17-7-6-15-10-13-4-2-3-5-14(13)11-16(8-9-19)18(15)12-17/h2-7,11-12H,8,10H2,1H3. The lowest BCUT2D eigenvalue weighted by atomic mass is 9.96. The van der Waals surface area contributed by atoms with Crippen LogP contribution in [0.25, 0.3) is 11.6 Å². The third-order valence-electron chi connectivity index (χ3n) is 3.70. The average Bonchev–Trinajstić information content (AvgIpc) is 2.63. The molecule has 0 saturated heterocycles. The summed E-state index contributed by atoms with van der Waals surface area (Å²) in [4.78, 5) is 0. The summed E-state index contributed by atoms with van der Waals surface area (Å²) in [6.07, 6.45) is 3.43. The molecule has 0 N–H and O–H groups in total. The van der Waals surface area contributed by atoms with E-state index in [2.05, 4.69) is 36.4 Å². The van der Waals surface area contributed by atoms with Gasteiger partial charge in [-0.3, -0.25) is 0 Å². The number of fused-ring (bicyclic) bond motifs is 2. The third-order valence-corrected chi connectivity index (χ3v) is 3.70. The Kier molecular flexibility index (Phi) is 3.26. The predicted molar refractivity (Wildman–Crippen MR) is 80.3 cm³/mol. The van der Waals surface area contributed by atoms with Gasteiger partial charge in [0.2, 0.25) is 0 Å². The molecule has 2 aromatic rings. The summed E-state index contributed by atoms with van der Waals surface area (Å²) in [6.45, 7) is 0. The highest BCUT2D eigenvalue weighted by Gasteiger charge is 2.15. The Bertz CT molecular complexity index is 722. The summed E-state index contributed by atoms with van der Waals surface area (Å²) in [7, 11) is 1.67. The zero-order valence-electron chi connectivity index (χ0n) is 11.4. The van der Waals surface area contributed by atoms with Crippen molar-refractivity contribution in [1.82, 2.24) is 0 Å². The van der Waals surface area contributed by atoms with Crippen molar-refractivity contribution in [1.29, 1.82) is 5.26 Å². The van der Waals surface area contributed by atoms with Gasteiger partial charge in [0.05, 0.1) is 19.6 Å². The van der Waals surface area contributed by atoms with E-state index in [0.29, 0.717) is 6.42 Å². The molecule has 1 aliphatic carbocycles. The van der Waals surface area contributed by atoms with Crippen LogP contribution in [0.2, 0.25) is 0 Å². The molecule has 0 saturated carbocycles. The van der Waals surface area contributed by atoms with Gasteiger partial charge in [-0.15, -0.1) is 0 Å². The maximum Gasteiger partial charge on any atom is 0.119 e. The second-order valence-electron chi connectivity index (χ2n) is 4.90. The molecular formula is C18H15NO. The van der Waals surface area contributed by atoms with Crippen LogP contribution in [0.5, 0.6) is 5.75 Å². The lowest BCUT2D eigenvalue weighted by Gasteiger charge is -2.10. The largest absolute Gasteiger partial charge is 0.497 e. The number of methoxy groups -OCH3 is 1. The molecule has 0 amide bonds. The van der Waals surface area contributed by atoms with Crippen molar-refractivity contribution in [3.05, 3.63) is 64.7 Å². The van der Waals surface area contributed by atoms with Gasteiger partial charge in [0.1, 0.15) is 5.75 Å². The van der Waals surface area contributed by atoms with Crippen LogP contribution in [0, 0.1) is 11.3 Å². The van der Waals surface area contributed by atoms with E-state index in [1.165, 1.54) is 16.7 Å². The van der Waals surface area contributed by atoms with Crippen molar-refractivity contribution in [3.8, 4) is 11.8 Å². The molecule has 3 rings (SSSR count). The minimum absolute atomic E-state index is 0.411. The summed E-state index contributed by atoms with van der Waals surface area (Å²) in [5, 5.41) is 9.09. The van der Waals surface area contributed by atoms with Gasteiger partial charge >= 0.3 is 0 Å². The van der Waals surface area contributed by atoms with E-state index < -0.39 is 0 Å². The zero-order valence-corrected chi connectivity index (χ0v) is 11.4. The van der Waals surface area contributed by atoms with Gasteiger partial charge in [0.25, 0.3) is 0 Å². The highest BCUT2D eigenvalue weighted by atomic mass is 16.5. The van der Waals surface area contributed by atoms with Crippen molar-refractivity contribution in [3.63, 3.8) is 0 Å². The molecule has 1 aliphatic rings. The fraction of sp³-hybridized carbons (Fsp3) is 0.167. The highest BCUT2D eigenvalue weighted by molar-refractivity contribution is 5.86. The number of hydrogen-bond donors (Lipinski definition) is 0. The summed E-state index contributed by atoms with van der Waals surface area (Å²) < 4.78 is 5.31. The lowest BCUT2D eigenvalue weighted by Crippen LogP contribution is -1.95. The van der Waals surface area contributed by atoms with Crippen LogP contribution in [-0.4, -0.2) is 7.11 Å². The Balaban J connectivity index is 2.21. The van der Waals surface area contributed by atoms with E-state index in [4.69, 9.17) is 10.00 Å². The number of allylic oxidation sites excluding steroid dienone is 1. The Labute approximate surface area is 118 Å². The molecule has 0 atom stereocenters. The molecule has 0 fully saturated rings.